The number of nitrogens with one attached hydrogen (secondary N) is 1. The summed E-state index contributed by atoms with van der Waals surface area (Å²) >= 11 is 0. The number of aryl methyl sites for hydroxylation is 1. The summed E-state index contributed by atoms with van der Waals surface area (Å²) in [5, 5.41) is -0.0188. The fourth-order valence-corrected chi connectivity index (χ4v) is 3.23. The van der Waals surface area contributed by atoms with Gasteiger partial charge in [-0.15, -0.1) is 0 Å². The summed E-state index contributed by atoms with van der Waals surface area (Å²) in [6, 6.07) is -0.306. The molecular weight excluding hydrogens is 268 g/mol. The van der Waals surface area contributed by atoms with Gasteiger partial charge in [0.25, 0.3) is 10.0 Å². The van der Waals surface area contributed by atoms with Crippen LogP contribution in [0, 0.1) is 5.92 Å². The van der Waals surface area contributed by atoms with Crippen LogP contribution < -0.4 is 10.5 Å². The Balaban J connectivity index is 2.94. The summed E-state index contributed by atoms with van der Waals surface area (Å²) in [6.07, 6.45) is 1.37. The topological polar surface area (TPSA) is 99.2 Å². The van der Waals surface area contributed by atoms with Crippen molar-refractivity contribution in [3.8, 4) is 0 Å². The van der Waals surface area contributed by atoms with Crippen LogP contribution >= 0.6 is 0 Å². The van der Waals surface area contributed by atoms with Crippen molar-refractivity contribution in [3.63, 3.8) is 0 Å². The zero-order valence-electron chi connectivity index (χ0n) is 11.8. The Kier molecular flexibility index (Phi) is 5.33. The molecule has 7 nitrogen and oxygen atoms in total. The van der Waals surface area contributed by atoms with Crippen molar-refractivity contribution in [2.45, 2.75) is 31.8 Å². The van der Waals surface area contributed by atoms with Gasteiger partial charge in [0.1, 0.15) is 0 Å². The van der Waals surface area contributed by atoms with Crippen molar-refractivity contribution in [1.82, 2.24) is 14.3 Å². The standard InChI is InChI=1S/C11H22N4O3S/c1-5-18-6-9(8(2)3)14-19(16,17)11-10(12)13-7-15(11)4/h7-9,14H,5-6,12H2,1-4H3. The maximum Gasteiger partial charge on any atom is 0.260 e. The zero-order valence-corrected chi connectivity index (χ0v) is 12.6. The van der Waals surface area contributed by atoms with Gasteiger partial charge in [0, 0.05) is 19.7 Å². The molecule has 19 heavy (non-hydrogen) atoms. The van der Waals surface area contributed by atoms with Gasteiger partial charge in [0.15, 0.2) is 10.8 Å². The molecule has 8 heteroatoms. The van der Waals surface area contributed by atoms with Crippen LogP contribution in [0.5, 0.6) is 0 Å². The van der Waals surface area contributed by atoms with E-state index in [-0.39, 0.29) is 22.8 Å². The highest BCUT2D eigenvalue weighted by Gasteiger charge is 2.27. The van der Waals surface area contributed by atoms with Crippen molar-refractivity contribution in [3.05, 3.63) is 6.33 Å². The minimum Gasteiger partial charge on any atom is -0.381 e. The van der Waals surface area contributed by atoms with E-state index in [9.17, 15) is 8.42 Å². The minimum absolute atomic E-state index is 0.00563. The molecule has 0 aliphatic carbocycles. The largest absolute Gasteiger partial charge is 0.381 e. The summed E-state index contributed by atoms with van der Waals surface area (Å²) < 4.78 is 33.9. The average Bonchev–Trinajstić information content (AvgIpc) is 2.64. The molecule has 0 radical (unpaired) electrons. The summed E-state index contributed by atoms with van der Waals surface area (Å²) in [4.78, 5) is 3.79. The molecule has 0 fully saturated rings. The highest BCUT2D eigenvalue weighted by molar-refractivity contribution is 7.89. The third kappa shape index (κ3) is 3.92. The van der Waals surface area contributed by atoms with E-state index in [1.165, 1.54) is 10.9 Å². The van der Waals surface area contributed by atoms with Gasteiger partial charge in [-0.3, -0.25) is 0 Å². The van der Waals surface area contributed by atoms with Crippen LogP contribution in [0.15, 0.2) is 11.4 Å². The van der Waals surface area contributed by atoms with Crippen LogP contribution in [0.3, 0.4) is 0 Å². The van der Waals surface area contributed by atoms with Crippen molar-refractivity contribution in [2.24, 2.45) is 13.0 Å². The number of hydrogen-bond acceptors (Lipinski definition) is 5. The molecule has 1 atom stereocenters. The minimum atomic E-state index is -3.71. The molecule has 0 aliphatic heterocycles. The Morgan fingerprint density at radius 3 is 2.58 bits per heavy atom. The van der Waals surface area contributed by atoms with E-state index in [4.69, 9.17) is 10.5 Å². The Bertz CT molecular complexity index is 491. The number of nitrogens with zero attached hydrogens (tertiary/aromatic N) is 2. The Labute approximate surface area is 114 Å². The smallest absolute Gasteiger partial charge is 0.260 e. The normalized spacial score (nSPS) is 13.9. The summed E-state index contributed by atoms with van der Waals surface area (Å²) in [5.41, 5.74) is 5.60. The van der Waals surface area contributed by atoms with E-state index in [2.05, 4.69) is 9.71 Å². The van der Waals surface area contributed by atoms with Gasteiger partial charge >= 0.3 is 0 Å². The van der Waals surface area contributed by atoms with Gasteiger partial charge in [-0.25, -0.2) is 18.1 Å². The number of imidazole rings is 1. The molecule has 1 unspecified atom stereocenters. The lowest BCUT2D eigenvalue weighted by Gasteiger charge is -2.22. The fraction of sp³-hybridized carbons (Fsp3) is 0.727. The van der Waals surface area contributed by atoms with E-state index in [0.717, 1.165) is 0 Å². The summed E-state index contributed by atoms with van der Waals surface area (Å²) in [6.45, 7) is 6.59. The lowest BCUT2D eigenvalue weighted by molar-refractivity contribution is 0.116. The predicted molar refractivity (Wildman–Crippen MR) is 73.1 cm³/mol. The van der Waals surface area contributed by atoms with Gasteiger partial charge in [0.05, 0.1) is 12.9 Å². The summed E-state index contributed by atoms with van der Waals surface area (Å²) in [5.74, 6) is 0.102. The Morgan fingerprint density at radius 1 is 1.53 bits per heavy atom. The lowest BCUT2D eigenvalue weighted by Crippen LogP contribution is -2.42. The maximum atomic E-state index is 12.3. The molecule has 1 rings (SSSR count). The van der Waals surface area contributed by atoms with E-state index in [1.807, 2.05) is 20.8 Å². The third-order valence-electron chi connectivity index (χ3n) is 2.78. The molecule has 0 saturated carbocycles. The quantitative estimate of drug-likeness (QED) is 0.754. The highest BCUT2D eigenvalue weighted by Crippen LogP contribution is 2.17. The van der Waals surface area contributed by atoms with Gasteiger partial charge < -0.3 is 15.0 Å². The number of nitrogens with two attached hydrogens (primary N) is 1. The van der Waals surface area contributed by atoms with Crippen molar-refractivity contribution >= 4 is 15.8 Å². The predicted octanol–water partition coefficient (Wildman–Crippen LogP) is 0.342. The zero-order chi connectivity index (χ0) is 14.6. The molecule has 0 aromatic carbocycles. The van der Waals surface area contributed by atoms with E-state index >= 15 is 0 Å². The first-order chi connectivity index (χ1) is 8.79. The number of rotatable bonds is 7. The maximum absolute atomic E-state index is 12.3. The lowest BCUT2D eigenvalue weighted by atomic mass is 10.1. The fourth-order valence-electron chi connectivity index (χ4n) is 1.63. The molecule has 0 spiro atoms. The molecule has 1 aromatic heterocycles. The highest BCUT2D eigenvalue weighted by atomic mass is 32.2. The second-order valence-electron chi connectivity index (χ2n) is 4.68. The van der Waals surface area contributed by atoms with Gasteiger partial charge in [-0.05, 0) is 12.8 Å². The molecule has 0 bridgehead atoms. The third-order valence-corrected chi connectivity index (χ3v) is 4.40. The molecule has 0 amide bonds. The van der Waals surface area contributed by atoms with E-state index in [1.54, 1.807) is 7.05 Å². The van der Waals surface area contributed by atoms with Crippen molar-refractivity contribution in [1.29, 1.82) is 0 Å². The Hall–Kier alpha value is -1.12. The molecule has 1 heterocycles. The SMILES string of the molecule is CCOCC(NS(=O)(=O)c1c(N)ncn1C)C(C)C. The first-order valence-corrected chi connectivity index (χ1v) is 7.64. The van der Waals surface area contributed by atoms with E-state index in [0.29, 0.717) is 13.2 Å². The van der Waals surface area contributed by atoms with Crippen LogP contribution in [0.4, 0.5) is 5.82 Å². The molecule has 1 aromatic rings. The number of hydrogen-bond donors (Lipinski definition) is 2. The van der Waals surface area contributed by atoms with Crippen LogP contribution in [-0.2, 0) is 21.8 Å². The molecule has 0 aliphatic rings. The number of aromatic nitrogens is 2. The average molecular weight is 290 g/mol. The first kappa shape index (κ1) is 15.9. The van der Waals surface area contributed by atoms with Gasteiger partial charge in [-0.1, -0.05) is 13.8 Å². The molecule has 3 N–H and O–H groups in total. The molecular formula is C11H22N4O3S. The van der Waals surface area contributed by atoms with Crippen molar-refractivity contribution < 1.29 is 13.2 Å². The number of sulfonamides is 1. The van der Waals surface area contributed by atoms with Crippen molar-refractivity contribution in [2.75, 3.05) is 18.9 Å². The second-order valence-corrected chi connectivity index (χ2v) is 6.31. The number of nitrogen functional groups attached to an aromatic ring is 1. The van der Waals surface area contributed by atoms with Crippen LogP contribution in [-0.4, -0.2) is 37.2 Å². The Morgan fingerprint density at radius 2 is 2.16 bits per heavy atom. The van der Waals surface area contributed by atoms with Crippen LogP contribution in [0.1, 0.15) is 20.8 Å². The monoisotopic (exact) mass is 290 g/mol. The van der Waals surface area contributed by atoms with Gasteiger partial charge in [-0.2, -0.15) is 0 Å². The van der Waals surface area contributed by atoms with Crippen LogP contribution in [0.2, 0.25) is 0 Å². The number of ether oxygens (including phenoxy) is 1. The molecule has 110 valence electrons. The summed E-state index contributed by atoms with van der Waals surface area (Å²) in [7, 11) is -2.12. The molecule has 0 saturated heterocycles. The second kappa shape index (κ2) is 6.36. The number of anilines is 1. The van der Waals surface area contributed by atoms with E-state index < -0.39 is 10.0 Å². The first-order valence-electron chi connectivity index (χ1n) is 6.16. The van der Waals surface area contributed by atoms with Crippen LogP contribution in [0.25, 0.3) is 0 Å². The van der Waals surface area contributed by atoms with Gasteiger partial charge in [0.2, 0.25) is 0 Å².